The number of carbonyl (C=O) groups is 1. The molecule has 0 spiro atoms. The van der Waals surface area contributed by atoms with Gasteiger partial charge in [-0.1, -0.05) is 13.8 Å². The van der Waals surface area contributed by atoms with E-state index in [4.69, 9.17) is 0 Å². The van der Waals surface area contributed by atoms with Crippen molar-refractivity contribution in [1.82, 2.24) is 14.8 Å². The molecule has 15 heavy (non-hydrogen) atoms. The Morgan fingerprint density at radius 2 is 2.27 bits per heavy atom. The fraction of sp³-hybridized carbons (Fsp3) is 0.700. The molecule has 0 saturated heterocycles. The summed E-state index contributed by atoms with van der Waals surface area (Å²) in [6, 6.07) is 0.527. The van der Waals surface area contributed by atoms with Crippen LogP contribution in [0.2, 0.25) is 0 Å². The van der Waals surface area contributed by atoms with Crippen molar-refractivity contribution in [3.05, 3.63) is 5.82 Å². The molecule has 0 unspecified atom stereocenters. The van der Waals surface area contributed by atoms with E-state index in [1.54, 1.807) is 0 Å². The van der Waals surface area contributed by atoms with Crippen molar-refractivity contribution in [1.29, 1.82) is 0 Å². The van der Waals surface area contributed by atoms with Crippen molar-refractivity contribution >= 4 is 12.2 Å². The van der Waals surface area contributed by atoms with Gasteiger partial charge < -0.3 is 5.32 Å². The molecular weight excluding hydrogens is 192 g/mol. The van der Waals surface area contributed by atoms with Crippen LogP contribution in [0, 0.1) is 5.92 Å². The number of hydrogen-bond acceptors (Lipinski definition) is 4. The first kappa shape index (κ1) is 10.1. The molecule has 1 saturated carbocycles. The lowest BCUT2D eigenvalue weighted by molar-refractivity contribution is 0.111. The quantitative estimate of drug-likeness (QED) is 0.741. The molecule has 0 amide bonds. The van der Waals surface area contributed by atoms with Crippen LogP contribution in [-0.2, 0) is 6.54 Å². The van der Waals surface area contributed by atoms with Gasteiger partial charge in [0.25, 0.3) is 0 Å². The number of carbonyl (C=O) groups excluding carboxylic acids is 1. The zero-order valence-corrected chi connectivity index (χ0v) is 9.10. The predicted molar refractivity (Wildman–Crippen MR) is 56.9 cm³/mol. The van der Waals surface area contributed by atoms with Crippen LogP contribution in [0.4, 0.5) is 5.95 Å². The van der Waals surface area contributed by atoms with Crippen molar-refractivity contribution in [2.75, 3.05) is 5.32 Å². The molecule has 0 radical (unpaired) electrons. The van der Waals surface area contributed by atoms with Crippen LogP contribution in [0.1, 0.15) is 37.3 Å². The molecule has 0 aliphatic heterocycles. The second-order valence-electron chi connectivity index (χ2n) is 4.42. The summed E-state index contributed by atoms with van der Waals surface area (Å²) in [5.74, 6) is 1.61. The Morgan fingerprint density at radius 3 is 2.80 bits per heavy atom. The van der Waals surface area contributed by atoms with E-state index in [2.05, 4.69) is 29.4 Å². The lowest BCUT2D eigenvalue weighted by Gasteiger charge is -2.11. The fourth-order valence-corrected chi connectivity index (χ4v) is 1.46. The molecule has 0 bridgehead atoms. The van der Waals surface area contributed by atoms with Gasteiger partial charge in [0.2, 0.25) is 5.95 Å². The Labute approximate surface area is 88.9 Å². The molecule has 1 N–H and O–H groups in total. The zero-order chi connectivity index (χ0) is 10.8. The first-order chi connectivity index (χ1) is 7.20. The second kappa shape index (κ2) is 4.00. The third-order valence-corrected chi connectivity index (χ3v) is 2.34. The largest absolute Gasteiger partial charge is 0.352 e. The molecule has 1 aromatic rings. The Kier molecular flexibility index (Phi) is 2.70. The van der Waals surface area contributed by atoms with E-state index < -0.39 is 0 Å². The van der Waals surface area contributed by atoms with Crippen molar-refractivity contribution in [3.63, 3.8) is 0 Å². The maximum Gasteiger partial charge on any atom is 0.225 e. The van der Waals surface area contributed by atoms with Crippen LogP contribution in [-0.4, -0.2) is 27.1 Å². The number of nitrogens with zero attached hydrogens (tertiary/aromatic N) is 3. The zero-order valence-electron chi connectivity index (χ0n) is 9.10. The highest BCUT2D eigenvalue weighted by Gasteiger charge is 2.24. The first-order valence-electron chi connectivity index (χ1n) is 5.35. The van der Waals surface area contributed by atoms with Crippen molar-refractivity contribution < 1.29 is 4.79 Å². The van der Waals surface area contributed by atoms with Crippen LogP contribution in [0.3, 0.4) is 0 Å². The van der Waals surface area contributed by atoms with Crippen molar-refractivity contribution in [3.8, 4) is 0 Å². The van der Waals surface area contributed by atoms with Crippen LogP contribution in [0.25, 0.3) is 0 Å². The molecule has 1 heterocycles. The SMILES string of the molecule is CC(C)Cn1c(C=O)nnc1NC1CC1. The van der Waals surface area contributed by atoms with Gasteiger partial charge in [0.05, 0.1) is 0 Å². The molecule has 1 aromatic heterocycles. The number of rotatable bonds is 5. The summed E-state index contributed by atoms with van der Waals surface area (Å²) < 4.78 is 1.86. The van der Waals surface area contributed by atoms with E-state index in [1.807, 2.05) is 4.57 Å². The summed E-state index contributed by atoms with van der Waals surface area (Å²) in [7, 11) is 0. The van der Waals surface area contributed by atoms with Gasteiger partial charge in [-0.05, 0) is 18.8 Å². The fourth-order valence-electron chi connectivity index (χ4n) is 1.46. The number of aromatic nitrogens is 3. The Hall–Kier alpha value is -1.39. The smallest absolute Gasteiger partial charge is 0.225 e. The molecule has 82 valence electrons. The highest BCUT2D eigenvalue weighted by molar-refractivity contribution is 5.70. The van der Waals surface area contributed by atoms with Gasteiger partial charge in [0, 0.05) is 12.6 Å². The van der Waals surface area contributed by atoms with Crippen LogP contribution >= 0.6 is 0 Å². The van der Waals surface area contributed by atoms with Gasteiger partial charge in [-0.3, -0.25) is 9.36 Å². The average Bonchev–Trinajstić information content (AvgIpc) is 2.91. The van der Waals surface area contributed by atoms with E-state index in [9.17, 15) is 4.79 Å². The predicted octanol–water partition coefficient (Wildman–Crippen LogP) is 1.32. The Bertz CT molecular complexity index is 354. The van der Waals surface area contributed by atoms with E-state index >= 15 is 0 Å². The lowest BCUT2D eigenvalue weighted by Crippen LogP contribution is -2.14. The summed E-state index contributed by atoms with van der Waals surface area (Å²) in [6.07, 6.45) is 3.13. The highest BCUT2D eigenvalue weighted by atomic mass is 16.1. The van der Waals surface area contributed by atoms with E-state index in [0.717, 1.165) is 18.8 Å². The van der Waals surface area contributed by atoms with Gasteiger partial charge in [-0.15, -0.1) is 10.2 Å². The highest BCUT2D eigenvalue weighted by Crippen LogP contribution is 2.24. The molecule has 2 rings (SSSR count). The molecule has 1 fully saturated rings. The molecule has 5 nitrogen and oxygen atoms in total. The van der Waals surface area contributed by atoms with Gasteiger partial charge >= 0.3 is 0 Å². The molecule has 0 atom stereocenters. The summed E-state index contributed by atoms with van der Waals surface area (Å²) >= 11 is 0. The van der Waals surface area contributed by atoms with E-state index in [0.29, 0.717) is 17.8 Å². The molecule has 0 aromatic carbocycles. The Balaban J connectivity index is 2.19. The number of nitrogens with one attached hydrogen (secondary N) is 1. The maximum absolute atomic E-state index is 10.8. The standard InChI is InChI=1S/C10H16N4O/c1-7(2)5-14-9(6-15)12-13-10(14)11-8-3-4-8/h6-8H,3-5H2,1-2H3,(H,11,13). The molecule has 5 heteroatoms. The number of hydrogen-bond donors (Lipinski definition) is 1. The maximum atomic E-state index is 10.8. The van der Waals surface area contributed by atoms with Gasteiger partial charge in [0.15, 0.2) is 12.1 Å². The summed E-state index contributed by atoms with van der Waals surface area (Å²) in [6.45, 7) is 4.99. The lowest BCUT2D eigenvalue weighted by atomic mass is 10.2. The third-order valence-electron chi connectivity index (χ3n) is 2.34. The van der Waals surface area contributed by atoms with Crippen LogP contribution in [0.15, 0.2) is 0 Å². The van der Waals surface area contributed by atoms with Gasteiger partial charge in [-0.2, -0.15) is 0 Å². The van der Waals surface area contributed by atoms with Crippen LogP contribution < -0.4 is 5.32 Å². The second-order valence-corrected chi connectivity index (χ2v) is 4.42. The molecular formula is C10H16N4O. The minimum atomic E-state index is 0.409. The van der Waals surface area contributed by atoms with Gasteiger partial charge in [0.1, 0.15) is 0 Å². The minimum absolute atomic E-state index is 0.409. The third kappa shape index (κ3) is 2.34. The van der Waals surface area contributed by atoms with Crippen LogP contribution in [0.5, 0.6) is 0 Å². The summed E-state index contributed by atoms with van der Waals surface area (Å²) in [5.41, 5.74) is 0. The normalized spacial score (nSPS) is 15.7. The van der Waals surface area contributed by atoms with Crippen molar-refractivity contribution in [2.45, 2.75) is 39.3 Å². The topological polar surface area (TPSA) is 59.8 Å². The Morgan fingerprint density at radius 1 is 1.53 bits per heavy atom. The monoisotopic (exact) mass is 208 g/mol. The minimum Gasteiger partial charge on any atom is -0.352 e. The average molecular weight is 208 g/mol. The first-order valence-corrected chi connectivity index (χ1v) is 5.35. The van der Waals surface area contributed by atoms with E-state index in [-0.39, 0.29) is 0 Å². The molecule has 1 aliphatic rings. The van der Waals surface area contributed by atoms with E-state index in [1.165, 1.54) is 12.8 Å². The summed E-state index contributed by atoms with van der Waals surface area (Å²) in [4.78, 5) is 10.8. The molecule has 1 aliphatic carbocycles. The number of anilines is 1. The summed E-state index contributed by atoms with van der Waals surface area (Å²) in [5, 5.41) is 11.1. The van der Waals surface area contributed by atoms with Gasteiger partial charge in [-0.25, -0.2) is 0 Å². The number of aldehydes is 1. The van der Waals surface area contributed by atoms with Crippen molar-refractivity contribution in [2.24, 2.45) is 5.92 Å².